The topological polar surface area (TPSA) is 29.4 Å². The van der Waals surface area contributed by atoms with Crippen molar-refractivity contribution in [1.29, 1.82) is 0 Å². The molecule has 0 aliphatic carbocycles. The lowest BCUT2D eigenvalue weighted by molar-refractivity contribution is 0.564. The molecule has 0 saturated heterocycles. The summed E-state index contributed by atoms with van der Waals surface area (Å²) in [7, 11) is -1.53. The maximum atomic E-state index is 10.0. The summed E-state index contributed by atoms with van der Waals surface area (Å²) in [5, 5.41) is 1.33. The molecule has 0 bridgehead atoms. The van der Waals surface area contributed by atoms with Gasteiger partial charge in [-0.05, 0) is 0 Å². The molecule has 0 saturated carbocycles. The maximum absolute atomic E-state index is 10.0. The molecule has 2 nitrogen and oxygen atoms in total. The normalized spacial score (nSPS) is 10.6. The summed E-state index contributed by atoms with van der Waals surface area (Å²) in [4.78, 5) is 13.7. The first-order chi connectivity index (χ1) is 6.17. The van der Waals surface area contributed by atoms with Crippen LogP contribution in [0.3, 0.4) is 0 Å². The highest BCUT2D eigenvalue weighted by Crippen LogP contribution is 2.02. The van der Waals surface area contributed by atoms with Crippen LogP contribution in [0.5, 0.6) is 0 Å². The lowest BCUT2D eigenvalue weighted by Gasteiger charge is -2.19. The number of benzene rings is 1. The van der Waals surface area contributed by atoms with Gasteiger partial charge in [0.25, 0.3) is 0 Å². The molecule has 0 radical (unpaired) electrons. The van der Waals surface area contributed by atoms with Crippen molar-refractivity contribution in [2.24, 2.45) is 4.99 Å². The van der Waals surface area contributed by atoms with Crippen LogP contribution in [0, 0.1) is 0 Å². The maximum Gasteiger partial charge on any atom is 0.234 e. The van der Waals surface area contributed by atoms with Crippen LogP contribution in [0.4, 0.5) is 0 Å². The zero-order valence-corrected chi connectivity index (χ0v) is 8.95. The number of nitrogens with zero attached hydrogens (tertiary/aromatic N) is 1. The summed E-state index contributed by atoms with van der Waals surface area (Å²) in [5.41, 5.74) is 0. The second kappa shape index (κ2) is 4.17. The lowest BCUT2D eigenvalue weighted by atomic mass is 10.4. The van der Waals surface area contributed by atoms with E-state index in [0.29, 0.717) is 6.17 Å². The summed E-state index contributed by atoms with van der Waals surface area (Å²) in [6.07, 6.45) is 2.23. The molecule has 0 heterocycles. The van der Waals surface area contributed by atoms with Crippen LogP contribution in [0.1, 0.15) is 0 Å². The molecule has 0 atom stereocenters. The van der Waals surface area contributed by atoms with Gasteiger partial charge in [0.05, 0.1) is 0 Å². The Morgan fingerprint density at radius 1 is 1.31 bits per heavy atom. The molecule has 1 aromatic rings. The lowest BCUT2D eigenvalue weighted by Crippen LogP contribution is -2.44. The fourth-order valence-electron chi connectivity index (χ4n) is 1.21. The standard InChI is InChI=1S/C10H13NOSi/c1-13(2,9-11-8-12)10-6-4-3-5-7-10/h3-7H,9H2,1-2H3. The van der Waals surface area contributed by atoms with Gasteiger partial charge in [-0.2, -0.15) is 0 Å². The Bertz CT molecular complexity index is 315. The molecular formula is C10H13NOSi. The molecule has 0 unspecified atom stereocenters. The van der Waals surface area contributed by atoms with E-state index in [2.05, 4.69) is 30.2 Å². The third-order valence-electron chi connectivity index (χ3n) is 2.09. The van der Waals surface area contributed by atoms with E-state index < -0.39 is 8.07 Å². The van der Waals surface area contributed by atoms with Gasteiger partial charge in [0.15, 0.2) is 0 Å². The molecule has 0 N–H and O–H groups in total. The molecule has 0 fully saturated rings. The minimum atomic E-state index is -1.53. The largest absolute Gasteiger partial charge is 0.234 e. The summed E-state index contributed by atoms with van der Waals surface area (Å²) >= 11 is 0. The highest BCUT2D eigenvalue weighted by atomic mass is 28.3. The predicted molar refractivity (Wildman–Crippen MR) is 56.5 cm³/mol. The summed E-state index contributed by atoms with van der Waals surface area (Å²) in [6.45, 7) is 4.40. The number of aliphatic imine (C=N–C) groups is 1. The van der Waals surface area contributed by atoms with E-state index >= 15 is 0 Å². The van der Waals surface area contributed by atoms with Gasteiger partial charge < -0.3 is 0 Å². The molecule has 0 aliphatic rings. The molecule has 1 rings (SSSR count). The van der Waals surface area contributed by atoms with E-state index in [1.165, 1.54) is 5.19 Å². The number of carbonyl (C=O) groups excluding carboxylic acids is 1. The van der Waals surface area contributed by atoms with Gasteiger partial charge in [0.2, 0.25) is 6.08 Å². The zero-order chi connectivity index (χ0) is 9.73. The van der Waals surface area contributed by atoms with E-state index in [4.69, 9.17) is 0 Å². The van der Waals surface area contributed by atoms with E-state index in [1.807, 2.05) is 18.2 Å². The van der Waals surface area contributed by atoms with E-state index in [0.717, 1.165) is 0 Å². The average molecular weight is 191 g/mol. The monoisotopic (exact) mass is 191 g/mol. The van der Waals surface area contributed by atoms with Crippen LogP contribution in [0.25, 0.3) is 0 Å². The minimum Gasteiger partial charge on any atom is -0.211 e. The summed E-state index contributed by atoms with van der Waals surface area (Å²) in [5.74, 6) is 0. The molecule has 0 amide bonds. The first kappa shape index (κ1) is 9.90. The van der Waals surface area contributed by atoms with E-state index in [9.17, 15) is 4.79 Å². The molecule has 13 heavy (non-hydrogen) atoms. The fourth-order valence-corrected chi connectivity index (χ4v) is 2.95. The second-order valence-electron chi connectivity index (χ2n) is 3.66. The molecule has 68 valence electrons. The van der Waals surface area contributed by atoms with Crippen molar-refractivity contribution in [3.8, 4) is 0 Å². The van der Waals surface area contributed by atoms with E-state index in [-0.39, 0.29) is 0 Å². The van der Waals surface area contributed by atoms with E-state index in [1.54, 1.807) is 6.08 Å². The number of hydrogen-bond acceptors (Lipinski definition) is 2. The SMILES string of the molecule is C[Si](C)(CN=C=O)c1ccccc1. The van der Waals surface area contributed by atoms with Gasteiger partial charge in [-0.1, -0.05) is 48.6 Å². The summed E-state index contributed by atoms with van der Waals surface area (Å²) in [6, 6.07) is 10.2. The molecular weight excluding hydrogens is 178 g/mol. The number of hydrogen-bond donors (Lipinski definition) is 0. The van der Waals surface area contributed by atoms with Crippen molar-refractivity contribution in [1.82, 2.24) is 0 Å². The Morgan fingerprint density at radius 3 is 2.46 bits per heavy atom. The van der Waals surface area contributed by atoms with Gasteiger partial charge >= 0.3 is 0 Å². The van der Waals surface area contributed by atoms with Crippen molar-refractivity contribution in [2.45, 2.75) is 13.1 Å². The Morgan fingerprint density at radius 2 is 1.92 bits per heavy atom. The summed E-state index contributed by atoms with van der Waals surface area (Å²) < 4.78 is 0. The van der Waals surface area contributed by atoms with Crippen molar-refractivity contribution >= 4 is 19.3 Å². The second-order valence-corrected chi connectivity index (χ2v) is 8.32. The van der Waals surface area contributed by atoms with Gasteiger partial charge in [-0.25, -0.2) is 9.79 Å². The number of isocyanates is 1. The Balaban J connectivity index is 2.87. The smallest absolute Gasteiger partial charge is 0.211 e. The quantitative estimate of drug-likeness (QED) is 0.404. The highest BCUT2D eigenvalue weighted by molar-refractivity contribution is 6.90. The van der Waals surface area contributed by atoms with Gasteiger partial charge in [0, 0.05) is 6.17 Å². The molecule has 0 aliphatic heterocycles. The Labute approximate surface area is 79.3 Å². The van der Waals surface area contributed by atoms with Crippen LogP contribution in [0.15, 0.2) is 35.3 Å². The Hall–Kier alpha value is -1.18. The molecule has 0 spiro atoms. The van der Waals surface area contributed by atoms with Gasteiger partial charge in [-0.15, -0.1) is 0 Å². The van der Waals surface area contributed by atoms with Crippen LogP contribution in [0.2, 0.25) is 13.1 Å². The van der Waals surface area contributed by atoms with Gasteiger partial charge in [-0.3, -0.25) is 0 Å². The fraction of sp³-hybridized carbons (Fsp3) is 0.300. The van der Waals surface area contributed by atoms with Gasteiger partial charge in [0.1, 0.15) is 8.07 Å². The Kier molecular flexibility index (Phi) is 3.17. The molecule has 3 heteroatoms. The zero-order valence-electron chi connectivity index (χ0n) is 7.95. The third kappa shape index (κ3) is 2.65. The van der Waals surface area contributed by atoms with Crippen molar-refractivity contribution < 1.29 is 4.79 Å². The third-order valence-corrected chi connectivity index (χ3v) is 4.94. The molecule has 1 aromatic carbocycles. The minimum absolute atomic E-state index is 0.626. The predicted octanol–water partition coefficient (Wildman–Crippen LogP) is 1.48. The highest BCUT2D eigenvalue weighted by Gasteiger charge is 2.22. The molecule has 0 aromatic heterocycles. The van der Waals surface area contributed by atoms with Crippen LogP contribution < -0.4 is 5.19 Å². The number of rotatable bonds is 3. The van der Waals surface area contributed by atoms with Crippen LogP contribution in [-0.2, 0) is 4.79 Å². The average Bonchev–Trinajstić information content (AvgIpc) is 2.16. The van der Waals surface area contributed by atoms with Crippen LogP contribution >= 0.6 is 0 Å². The van der Waals surface area contributed by atoms with Crippen molar-refractivity contribution in [2.75, 3.05) is 6.17 Å². The van der Waals surface area contributed by atoms with Crippen molar-refractivity contribution in [3.63, 3.8) is 0 Å². The first-order valence-electron chi connectivity index (χ1n) is 4.26. The van der Waals surface area contributed by atoms with Crippen LogP contribution in [-0.4, -0.2) is 20.3 Å². The first-order valence-corrected chi connectivity index (χ1v) is 7.47. The van der Waals surface area contributed by atoms with Crippen molar-refractivity contribution in [3.05, 3.63) is 30.3 Å².